The fourth-order valence-electron chi connectivity index (χ4n) is 2.40. The lowest BCUT2D eigenvalue weighted by atomic mass is 10.1. The molecule has 1 aromatic heterocycles. The van der Waals surface area contributed by atoms with Gasteiger partial charge in [0.2, 0.25) is 11.7 Å². The van der Waals surface area contributed by atoms with Gasteiger partial charge in [-0.1, -0.05) is 28.1 Å². The first-order valence-electron chi connectivity index (χ1n) is 8.55. The molecule has 1 heterocycles. The molecule has 0 aliphatic heterocycles. The van der Waals surface area contributed by atoms with Crippen molar-refractivity contribution in [1.29, 1.82) is 0 Å². The first kappa shape index (κ1) is 20.3. The molecule has 0 bridgehead atoms. The quantitative estimate of drug-likeness (QED) is 0.251. The number of nitrogens with one attached hydrogen (secondary N) is 1. The summed E-state index contributed by atoms with van der Waals surface area (Å²) in [4.78, 5) is 24.0. The van der Waals surface area contributed by atoms with Gasteiger partial charge in [0, 0.05) is 4.47 Å². The van der Waals surface area contributed by atoms with E-state index in [0.29, 0.717) is 11.3 Å². The predicted molar refractivity (Wildman–Crippen MR) is 110 cm³/mol. The van der Waals surface area contributed by atoms with Crippen LogP contribution >= 0.6 is 15.9 Å². The topological polar surface area (TPSA) is 90.1 Å². The number of hydrogen-bond acceptors (Lipinski definition) is 6. The van der Waals surface area contributed by atoms with E-state index in [1.165, 1.54) is 25.7 Å². The SMILES string of the molecule is COc1cc(/C=N/NC(=O)Cc2ccc(Br)cc2)ccc1OC(=O)c1ccco1. The van der Waals surface area contributed by atoms with Crippen LogP contribution in [0, 0.1) is 0 Å². The van der Waals surface area contributed by atoms with Gasteiger partial charge in [0.1, 0.15) is 0 Å². The first-order chi connectivity index (χ1) is 14.0. The molecule has 0 aliphatic carbocycles. The minimum Gasteiger partial charge on any atom is -0.493 e. The van der Waals surface area contributed by atoms with Crippen molar-refractivity contribution in [2.24, 2.45) is 5.10 Å². The highest BCUT2D eigenvalue weighted by Gasteiger charge is 2.14. The fourth-order valence-corrected chi connectivity index (χ4v) is 2.66. The van der Waals surface area contributed by atoms with Crippen LogP contribution in [0.3, 0.4) is 0 Å². The molecule has 0 spiro atoms. The molecule has 0 saturated heterocycles. The lowest BCUT2D eigenvalue weighted by Crippen LogP contribution is -2.19. The number of halogens is 1. The third-order valence-electron chi connectivity index (χ3n) is 3.79. The molecule has 2 aromatic carbocycles. The zero-order valence-electron chi connectivity index (χ0n) is 15.4. The minimum atomic E-state index is -0.630. The van der Waals surface area contributed by atoms with E-state index in [-0.39, 0.29) is 23.8 Å². The van der Waals surface area contributed by atoms with E-state index >= 15 is 0 Å². The molecule has 7 nitrogen and oxygen atoms in total. The standard InChI is InChI=1S/C21H17BrN2O5/c1-27-19-11-15(6-9-17(19)29-21(26)18-3-2-10-28-18)13-23-24-20(25)12-14-4-7-16(22)8-5-14/h2-11,13H,12H2,1H3,(H,24,25)/b23-13+. The minimum absolute atomic E-state index is 0.0891. The van der Waals surface area contributed by atoms with E-state index < -0.39 is 5.97 Å². The van der Waals surface area contributed by atoms with E-state index in [2.05, 4.69) is 26.5 Å². The lowest BCUT2D eigenvalue weighted by Gasteiger charge is -2.09. The fraction of sp³-hybridized carbons (Fsp3) is 0.0952. The summed E-state index contributed by atoms with van der Waals surface area (Å²) in [6.45, 7) is 0. The monoisotopic (exact) mass is 456 g/mol. The third-order valence-corrected chi connectivity index (χ3v) is 4.32. The van der Waals surface area contributed by atoms with Gasteiger partial charge in [-0.05, 0) is 53.6 Å². The largest absolute Gasteiger partial charge is 0.493 e. The number of esters is 1. The molecule has 1 N–H and O–H groups in total. The van der Waals surface area contributed by atoms with Crippen molar-refractivity contribution >= 4 is 34.0 Å². The van der Waals surface area contributed by atoms with Crippen LogP contribution in [0.15, 0.2) is 74.9 Å². The lowest BCUT2D eigenvalue weighted by molar-refractivity contribution is -0.120. The molecule has 8 heteroatoms. The molecule has 3 aromatic rings. The Morgan fingerprint density at radius 1 is 1.14 bits per heavy atom. The maximum atomic E-state index is 12.0. The number of carbonyl (C=O) groups is 2. The Morgan fingerprint density at radius 2 is 1.93 bits per heavy atom. The summed E-state index contributed by atoms with van der Waals surface area (Å²) in [5.41, 5.74) is 4.01. The van der Waals surface area contributed by atoms with Gasteiger partial charge < -0.3 is 13.9 Å². The number of hydrazone groups is 1. The third kappa shape index (κ3) is 5.79. The molecule has 0 atom stereocenters. The number of nitrogens with zero attached hydrogens (tertiary/aromatic N) is 1. The van der Waals surface area contributed by atoms with Gasteiger partial charge in [-0.25, -0.2) is 10.2 Å². The van der Waals surface area contributed by atoms with Crippen molar-refractivity contribution < 1.29 is 23.5 Å². The van der Waals surface area contributed by atoms with Gasteiger partial charge in [0.15, 0.2) is 11.5 Å². The first-order valence-corrected chi connectivity index (χ1v) is 9.34. The van der Waals surface area contributed by atoms with Crippen LogP contribution in [0.1, 0.15) is 21.7 Å². The zero-order valence-corrected chi connectivity index (χ0v) is 17.0. The Balaban J connectivity index is 1.59. The molecular weight excluding hydrogens is 440 g/mol. The highest BCUT2D eigenvalue weighted by atomic mass is 79.9. The van der Waals surface area contributed by atoms with Crippen LogP contribution in [-0.2, 0) is 11.2 Å². The van der Waals surface area contributed by atoms with Gasteiger partial charge >= 0.3 is 5.97 Å². The van der Waals surface area contributed by atoms with Crippen LogP contribution in [-0.4, -0.2) is 25.2 Å². The molecule has 0 radical (unpaired) electrons. The number of furan rings is 1. The predicted octanol–water partition coefficient (Wildman–Crippen LogP) is 3.96. The molecule has 0 fully saturated rings. The average Bonchev–Trinajstić information content (AvgIpc) is 3.26. The molecule has 0 aliphatic rings. The second kappa shape index (κ2) is 9.70. The van der Waals surface area contributed by atoms with Crippen molar-refractivity contribution in [3.63, 3.8) is 0 Å². The Morgan fingerprint density at radius 3 is 2.62 bits per heavy atom. The van der Waals surface area contributed by atoms with E-state index in [9.17, 15) is 9.59 Å². The van der Waals surface area contributed by atoms with Crippen molar-refractivity contribution in [3.8, 4) is 11.5 Å². The summed E-state index contributed by atoms with van der Waals surface area (Å²) in [5.74, 6) is -0.194. The number of amides is 1. The van der Waals surface area contributed by atoms with Crippen LogP contribution in [0.25, 0.3) is 0 Å². The Hall–Kier alpha value is -3.39. The second-order valence-electron chi connectivity index (χ2n) is 5.87. The van der Waals surface area contributed by atoms with Gasteiger partial charge in [-0.2, -0.15) is 5.10 Å². The van der Waals surface area contributed by atoms with E-state index in [0.717, 1.165) is 10.0 Å². The summed E-state index contributed by atoms with van der Waals surface area (Å²) in [6, 6.07) is 15.5. The Kier molecular flexibility index (Phi) is 6.80. The maximum absolute atomic E-state index is 12.0. The average molecular weight is 457 g/mol. The van der Waals surface area contributed by atoms with Crippen LogP contribution in [0.5, 0.6) is 11.5 Å². The highest BCUT2D eigenvalue weighted by molar-refractivity contribution is 9.10. The molecular formula is C21H17BrN2O5. The van der Waals surface area contributed by atoms with Crippen molar-refractivity contribution in [2.75, 3.05) is 7.11 Å². The van der Waals surface area contributed by atoms with Crippen LogP contribution in [0.4, 0.5) is 0 Å². The van der Waals surface area contributed by atoms with Crippen molar-refractivity contribution in [2.45, 2.75) is 6.42 Å². The number of carbonyl (C=O) groups excluding carboxylic acids is 2. The van der Waals surface area contributed by atoms with Gasteiger partial charge in [-0.15, -0.1) is 0 Å². The van der Waals surface area contributed by atoms with Crippen molar-refractivity contribution in [3.05, 3.63) is 82.2 Å². The molecule has 3 rings (SSSR count). The number of rotatable bonds is 7. The zero-order chi connectivity index (χ0) is 20.6. The molecule has 0 saturated carbocycles. The normalized spacial score (nSPS) is 10.7. The number of hydrogen-bond donors (Lipinski definition) is 1. The number of ether oxygens (including phenoxy) is 2. The van der Waals surface area contributed by atoms with Gasteiger partial charge in [-0.3, -0.25) is 4.79 Å². The van der Waals surface area contributed by atoms with E-state index in [4.69, 9.17) is 13.9 Å². The molecule has 0 unspecified atom stereocenters. The maximum Gasteiger partial charge on any atom is 0.379 e. The van der Waals surface area contributed by atoms with Gasteiger partial charge in [0.05, 0.1) is 26.0 Å². The Labute approximate surface area is 175 Å². The summed E-state index contributed by atoms with van der Waals surface area (Å²) >= 11 is 3.35. The summed E-state index contributed by atoms with van der Waals surface area (Å²) in [7, 11) is 1.46. The summed E-state index contributed by atoms with van der Waals surface area (Å²) in [6.07, 6.45) is 3.08. The van der Waals surface area contributed by atoms with Crippen molar-refractivity contribution in [1.82, 2.24) is 5.43 Å². The van der Waals surface area contributed by atoms with Crippen LogP contribution < -0.4 is 14.9 Å². The van der Waals surface area contributed by atoms with E-state index in [1.807, 2.05) is 24.3 Å². The summed E-state index contributed by atoms with van der Waals surface area (Å²) in [5, 5.41) is 3.95. The van der Waals surface area contributed by atoms with Crippen LogP contribution in [0.2, 0.25) is 0 Å². The number of methoxy groups -OCH3 is 1. The molecule has 148 valence electrons. The highest BCUT2D eigenvalue weighted by Crippen LogP contribution is 2.28. The molecule has 29 heavy (non-hydrogen) atoms. The van der Waals surface area contributed by atoms with E-state index in [1.54, 1.807) is 24.3 Å². The second-order valence-corrected chi connectivity index (χ2v) is 6.79. The number of benzene rings is 2. The summed E-state index contributed by atoms with van der Waals surface area (Å²) < 4.78 is 16.5. The molecule has 1 amide bonds. The Bertz CT molecular complexity index is 1010. The smallest absolute Gasteiger partial charge is 0.379 e. The van der Waals surface area contributed by atoms with Gasteiger partial charge in [0.25, 0.3) is 0 Å².